The van der Waals surface area contributed by atoms with Crippen molar-refractivity contribution >= 4 is 34.2 Å². The van der Waals surface area contributed by atoms with Gasteiger partial charge in [-0.25, -0.2) is 4.98 Å². The van der Waals surface area contributed by atoms with E-state index in [0.717, 1.165) is 24.0 Å². The number of benzene rings is 1. The first-order valence-corrected chi connectivity index (χ1v) is 7.47. The van der Waals surface area contributed by atoms with Crippen LogP contribution in [-0.2, 0) is 6.54 Å². The number of nitrogens with zero attached hydrogens (tertiary/aromatic N) is 2. The highest BCUT2D eigenvalue weighted by molar-refractivity contribution is 7.12. The predicted octanol–water partition coefficient (Wildman–Crippen LogP) is 3.76. The maximum absolute atomic E-state index is 12.2. The van der Waals surface area contributed by atoms with Crippen molar-refractivity contribution in [3.63, 3.8) is 0 Å². The number of rotatable bonds is 4. The van der Waals surface area contributed by atoms with Crippen LogP contribution in [0.5, 0.6) is 0 Å². The molecule has 1 amide bonds. The number of carbonyl (C=O) groups excluding carboxylic acids is 1. The maximum atomic E-state index is 12.2. The van der Waals surface area contributed by atoms with Crippen molar-refractivity contribution in [3.05, 3.63) is 46.7 Å². The Balaban J connectivity index is 1.98. The van der Waals surface area contributed by atoms with Crippen LogP contribution in [0, 0.1) is 0 Å². The highest BCUT2D eigenvalue weighted by atomic mass is 32.1. The van der Waals surface area contributed by atoms with Crippen LogP contribution in [0.25, 0.3) is 11.0 Å². The Bertz CT molecular complexity index is 731. The summed E-state index contributed by atoms with van der Waals surface area (Å²) in [5, 5.41) is 4.80. The fraction of sp³-hybridized carbons (Fsp3) is 0.200. The molecule has 102 valence electrons. The van der Waals surface area contributed by atoms with E-state index in [9.17, 15) is 4.79 Å². The fourth-order valence-electron chi connectivity index (χ4n) is 2.19. The van der Waals surface area contributed by atoms with Gasteiger partial charge in [0.05, 0.1) is 15.9 Å². The number of para-hydroxylation sites is 2. The average molecular weight is 285 g/mol. The maximum Gasteiger partial charge on any atom is 0.268 e. The Labute approximate surface area is 121 Å². The van der Waals surface area contributed by atoms with E-state index in [1.165, 1.54) is 11.3 Å². The number of nitrogens with one attached hydrogen (secondary N) is 1. The number of thiophene rings is 1. The molecule has 0 fully saturated rings. The van der Waals surface area contributed by atoms with E-state index in [1.54, 1.807) is 0 Å². The summed E-state index contributed by atoms with van der Waals surface area (Å²) in [6.45, 7) is 2.94. The van der Waals surface area contributed by atoms with Crippen molar-refractivity contribution in [1.29, 1.82) is 0 Å². The number of anilines is 1. The summed E-state index contributed by atoms with van der Waals surface area (Å²) in [6, 6.07) is 11.6. The van der Waals surface area contributed by atoms with Crippen LogP contribution in [0.3, 0.4) is 0 Å². The lowest BCUT2D eigenvalue weighted by molar-refractivity contribution is 0.102. The van der Waals surface area contributed by atoms with Crippen molar-refractivity contribution in [2.45, 2.75) is 19.9 Å². The smallest absolute Gasteiger partial charge is 0.268 e. The highest BCUT2D eigenvalue weighted by Crippen LogP contribution is 2.21. The molecule has 0 bridgehead atoms. The summed E-state index contributed by atoms with van der Waals surface area (Å²) in [5.74, 6) is 0.513. The van der Waals surface area contributed by atoms with Gasteiger partial charge in [0.25, 0.3) is 5.91 Å². The van der Waals surface area contributed by atoms with Gasteiger partial charge in [-0.1, -0.05) is 25.1 Å². The summed E-state index contributed by atoms with van der Waals surface area (Å²) >= 11 is 1.43. The van der Waals surface area contributed by atoms with E-state index in [-0.39, 0.29) is 5.91 Å². The second kappa shape index (κ2) is 5.46. The number of hydrogen-bond donors (Lipinski definition) is 1. The van der Waals surface area contributed by atoms with Crippen molar-refractivity contribution in [2.75, 3.05) is 5.32 Å². The van der Waals surface area contributed by atoms with Crippen LogP contribution in [0.15, 0.2) is 41.8 Å². The molecule has 1 N–H and O–H groups in total. The standard InChI is InChI=1S/C15H15N3OS/c1-2-9-18-12-7-4-3-6-11(12)16-15(18)17-14(19)13-8-5-10-20-13/h3-8,10H,2,9H2,1H3,(H,16,17,19). The third-order valence-corrected chi connectivity index (χ3v) is 3.94. The molecule has 20 heavy (non-hydrogen) atoms. The summed E-state index contributed by atoms with van der Waals surface area (Å²) in [7, 11) is 0. The van der Waals surface area contributed by atoms with Crippen molar-refractivity contribution in [1.82, 2.24) is 9.55 Å². The third-order valence-electron chi connectivity index (χ3n) is 3.07. The Kier molecular flexibility index (Phi) is 3.52. The van der Waals surface area contributed by atoms with E-state index < -0.39 is 0 Å². The van der Waals surface area contributed by atoms with Gasteiger partial charge in [0, 0.05) is 6.54 Å². The zero-order valence-corrected chi connectivity index (χ0v) is 12.0. The van der Waals surface area contributed by atoms with Gasteiger partial charge in [0.2, 0.25) is 5.95 Å². The molecular formula is C15H15N3OS. The highest BCUT2D eigenvalue weighted by Gasteiger charge is 2.14. The predicted molar refractivity (Wildman–Crippen MR) is 82.3 cm³/mol. The molecule has 0 aliphatic rings. The first kappa shape index (κ1) is 12.9. The van der Waals surface area contributed by atoms with Crippen LogP contribution in [0.4, 0.5) is 5.95 Å². The molecule has 0 atom stereocenters. The average Bonchev–Trinajstić information content (AvgIpc) is 3.08. The number of fused-ring (bicyclic) bond motifs is 1. The summed E-state index contributed by atoms with van der Waals surface area (Å²) in [6.07, 6.45) is 0.988. The van der Waals surface area contributed by atoms with Gasteiger partial charge >= 0.3 is 0 Å². The normalized spacial score (nSPS) is 10.8. The summed E-state index contributed by atoms with van der Waals surface area (Å²) in [5.41, 5.74) is 1.96. The molecule has 2 aromatic heterocycles. The van der Waals surface area contributed by atoms with Crippen molar-refractivity contribution < 1.29 is 4.79 Å². The molecule has 3 aromatic rings. The number of imidazole rings is 1. The molecule has 2 heterocycles. The van der Waals surface area contributed by atoms with Gasteiger partial charge < -0.3 is 4.57 Å². The monoisotopic (exact) mass is 285 g/mol. The zero-order valence-electron chi connectivity index (χ0n) is 11.2. The van der Waals surface area contributed by atoms with Crippen molar-refractivity contribution in [2.24, 2.45) is 0 Å². The van der Waals surface area contributed by atoms with Crippen LogP contribution < -0.4 is 5.32 Å². The summed E-state index contributed by atoms with van der Waals surface area (Å²) < 4.78 is 2.06. The van der Waals surface area contributed by atoms with E-state index in [1.807, 2.05) is 41.8 Å². The third kappa shape index (κ3) is 2.32. The van der Waals surface area contributed by atoms with Crippen LogP contribution in [-0.4, -0.2) is 15.5 Å². The first-order valence-electron chi connectivity index (χ1n) is 6.59. The van der Waals surface area contributed by atoms with Gasteiger partial charge in [0.1, 0.15) is 0 Å². The van der Waals surface area contributed by atoms with Crippen LogP contribution in [0.1, 0.15) is 23.0 Å². The van der Waals surface area contributed by atoms with E-state index in [4.69, 9.17) is 0 Å². The minimum absolute atomic E-state index is 0.104. The molecule has 1 aromatic carbocycles. The van der Waals surface area contributed by atoms with E-state index in [0.29, 0.717) is 10.8 Å². The van der Waals surface area contributed by atoms with Crippen LogP contribution >= 0.6 is 11.3 Å². The summed E-state index contributed by atoms with van der Waals surface area (Å²) in [4.78, 5) is 17.4. The lowest BCUT2D eigenvalue weighted by Gasteiger charge is -2.08. The molecule has 3 rings (SSSR count). The molecular weight excluding hydrogens is 270 g/mol. The largest absolute Gasteiger partial charge is 0.310 e. The minimum Gasteiger partial charge on any atom is -0.310 e. The fourth-order valence-corrected chi connectivity index (χ4v) is 2.81. The molecule has 4 nitrogen and oxygen atoms in total. The van der Waals surface area contributed by atoms with Gasteiger partial charge in [-0.3, -0.25) is 10.1 Å². The number of aromatic nitrogens is 2. The quantitative estimate of drug-likeness (QED) is 0.793. The van der Waals surface area contributed by atoms with E-state index in [2.05, 4.69) is 21.8 Å². The molecule has 5 heteroatoms. The lowest BCUT2D eigenvalue weighted by Crippen LogP contribution is -2.14. The molecule has 0 spiro atoms. The zero-order chi connectivity index (χ0) is 13.9. The van der Waals surface area contributed by atoms with E-state index >= 15 is 0 Å². The molecule has 0 aliphatic carbocycles. The lowest BCUT2D eigenvalue weighted by atomic mass is 10.3. The second-order valence-electron chi connectivity index (χ2n) is 4.51. The van der Waals surface area contributed by atoms with Gasteiger partial charge in [0.15, 0.2) is 0 Å². The molecule has 0 saturated carbocycles. The Hall–Kier alpha value is -2.14. The van der Waals surface area contributed by atoms with Gasteiger partial charge in [-0.2, -0.15) is 0 Å². The molecule has 0 saturated heterocycles. The molecule has 0 unspecified atom stereocenters. The van der Waals surface area contributed by atoms with Gasteiger partial charge in [-0.05, 0) is 30.0 Å². The van der Waals surface area contributed by atoms with Gasteiger partial charge in [-0.15, -0.1) is 11.3 Å². The Morgan fingerprint density at radius 1 is 1.30 bits per heavy atom. The minimum atomic E-state index is -0.104. The molecule has 0 aliphatic heterocycles. The van der Waals surface area contributed by atoms with Crippen molar-refractivity contribution in [3.8, 4) is 0 Å². The number of amides is 1. The molecule has 0 radical (unpaired) electrons. The van der Waals surface area contributed by atoms with Crippen LogP contribution in [0.2, 0.25) is 0 Å². The Morgan fingerprint density at radius 2 is 2.15 bits per heavy atom. The first-order chi connectivity index (χ1) is 9.79. The number of carbonyl (C=O) groups is 1. The number of aryl methyl sites for hydroxylation is 1. The topological polar surface area (TPSA) is 46.9 Å². The SMILES string of the molecule is CCCn1c(NC(=O)c2cccs2)nc2ccccc21. The number of hydrogen-bond acceptors (Lipinski definition) is 3. The second-order valence-corrected chi connectivity index (χ2v) is 5.45. The Morgan fingerprint density at radius 3 is 2.90 bits per heavy atom.